The quantitative estimate of drug-likeness (QED) is 0.783. The van der Waals surface area contributed by atoms with Crippen molar-refractivity contribution in [2.75, 3.05) is 0 Å². The van der Waals surface area contributed by atoms with E-state index in [1.807, 2.05) is 29.2 Å². The zero-order chi connectivity index (χ0) is 17.0. The number of benzene rings is 1. The number of hydrogen-bond acceptors (Lipinski definition) is 4. The molecule has 0 radical (unpaired) electrons. The number of aromatic nitrogens is 4. The zero-order valence-electron chi connectivity index (χ0n) is 14.3. The fourth-order valence-corrected chi connectivity index (χ4v) is 2.53. The second-order valence-electron chi connectivity index (χ2n) is 6.84. The fourth-order valence-electron chi connectivity index (χ4n) is 2.53. The Morgan fingerprint density at radius 2 is 1.79 bits per heavy atom. The summed E-state index contributed by atoms with van der Waals surface area (Å²) in [5, 5.41) is 12.1. The summed E-state index contributed by atoms with van der Waals surface area (Å²) in [6.07, 6.45) is 5.69. The van der Waals surface area contributed by atoms with E-state index in [1.165, 1.54) is 5.56 Å². The summed E-state index contributed by atoms with van der Waals surface area (Å²) in [5.41, 5.74) is 3.20. The lowest BCUT2D eigenvalue weighted by atomic mass is 10.0. The van der Waals surface area contributed by atoms with Crippen LogP contribution in [-0.4, -0.2) is 20.0 Å². The van der Waals surface area contributed by atoms with Crippen LogP contribution in [0.3, 0.4) is 0 Å². The Morgan fingerprint density at radius 3 is 2.42 bits per heavy atom. The molecule has 2 heterocycles. The van der Waals surface area contributed by atoms with E-state index >= 15 is 0 Å². The highest BCUT2D eigenvalue weighted by molar-refractivity contribution is 5.29. The van der Waals surface area contributed by atoms with Gasteiger partial charge in [-0.05, 0) is 38.0 Å². The number of rotatable bonds is 5. The van der Waals surface area contributed by atoms with E-state index in [0.29, 0.717) is 6.54 Å². The summed E-state index contributed by atoms with van der Waals surface area (Å²) in [4.78, 5) is 4.25. The predicted octanol–water partition coefficient (Wildman–Crippen LogP) is 3.31. The van der Waals surface area contributed by atoms with Crippen LogP contribution in [0.4, 0.5) is 0 Å². The average molecular weight is 321 g/mol. The Morgan fingerprint density at radius 1 is 1.04 bits per heavy atom. The number of nitrogens with one attached hydrogen (secondary N) is 1. The third-order valence-corrected chi connectivity index (χ3v) is 3.87. The van der Waals surface area contributed by atoms with Gasteiger partial charge in [-0.2, -0.15) is 0 Å². The molecule has 0 aliphatic rings. The highest BCUT2D eigenvalue weighted by atomic mass is 15.4. The van der Waals surface area contributed by atoms with E-state index in [9.17, 15) is 0 Å². The molecule has 0 aliphatic carbocycles. The second-order valence-corrected chi connectivity index (χ2v) is 6.84. The van der Waals surface area contributed by atoms with Crippen molar-refractivity contribution in [1.82, 2.24) is 25.3 Å². The maximum Gasteiger partial charge on any atom is 0.0965 e. The van der Waals surface area contributed by atoms with Gasteiger partial charge in [0.15, 0.2) is 0 Å². The standard InChI is InChI=1S/C19H23N5/c1-19(2,3)24-14-17(22-23-24)13-21-18(15-8-5-4-6-9-15)16-10-7-11-20-12-16/h4-12,14,18,21H,13H2,1-3H3. The van der Waals surface area contributed by atoms with Crippen LogP contribution >= 0.6 is 0 Å². The SMILES string of the molecule is CC(C)(C)n1cc(CNC(c2ccccc2)c2cccnc2)nn1. The Labute approximate surface area is 142 Å². The van der Waals surface area contributed by atoms with Gasteiger partial charge in [0.2, 0.25) is 0 Å². The van der Waals surface area contributed by atoms with Gasteiger partial charge < -0.3 is 5.32 Å². The molecule has 1 unspecified atom stereocenters. The van der Waals surface area contributed by atoms with Crippen molar-refractivity contribution in [2.24, 2.45) is 0 Å². The average Bonchev–Trinajstić information content (AvgIpc) is 3.06. The first-order valence-electron chi connectivity index (χ1n) is 8.14. The van der Waals surface area contributed by atoms with E-state index in [-0.39, 0.29) is 11.6 Å². The van der Waals surface area contributed by atoms with Crippen LogP contribution in [0.25, 0.3) is 0 Å². The Bertz CT molecular complexity index is 720. The summed E-state index contributed by atoms with van der Waals surface area (Å²) in [6.45, 7) is 6.98. The van der Waals surface area contributed by atoms with E-state index < -0.39 is 0 Å². The summed E-state index contributed by atoms with van der Waals surface area (Å²) in [6, 6.07) is 14.5. The van der Waals surface area contributed by atoms with Crippen LogP contribution in [0.5, 0.6) is 0 Å². The molecule has 0 saturated carbocycles. The minimum Gasteiger partial charge on any atom is -0.300 e. The van der Waals surface area contributed by atoms with Crippen molar-refractivity contribution >= 4 is 0 Å². The predicted molar refractivity (Wildman–Crippen MR) is 94.4 cm³/mol. The summed E-state index contributed by atoms with van der Waals surface area (Å²) >= 11 is 0. The van der Waals surface area contributed by atoms with Crippen molar-refractivity contribution in [3.63, 3.8) is 0 Å². The largest absolute Gasteiger partial charge is 0.300 e. The van der Waals surface area contributed by atoms with Gasteiger partial charge in [0, 0.05) is 18.9 Å². The lowest BCUT2D eigenvalue weighted by Gasteiger charge is -2.19. The number of pyridine rings is 1. The maximum absolute atomic E-state index is 4.28. The first-order valence-corrected chi connectivity index (χ1v) is 8.14. The van der Waals surface area contributed by atoms with Crippen LogP contribution in [-0.2, 0) is 12.1 Å². The summed E-state index contributed by atoms with van der Waals surface area (Å²) < 4.78 is 1.89. The first kappa shape index (κ1) is 16.3. The molecule has 0 amide bonds. The van der Waals surface area contributed by atoms with E-state index in [0.717, 1.165) is 11.3 Å². The molecule has 5 nitrogen and oxygen atoms in total. The Hall–Kier alpha value is -2.53. The molecule has 24 heavy (non-hydrogen) atoms. The third-order valence-electron chi connectivity index (χ3n) is 3.87. The van der Waals surface area contributed by atoms with Crippen LogP contribution in [0, 0.1) is 0 Å². The summed E-state index contributed by atoms with van der Waals surface area (Å²) in [7, 11) is 0. The van der Waals surface area contributed by atoms with Gasteiger partial charge in [-0.3, -0.25) is 4.98 Å². The Balaban J connectivity index is 1.79. The van der Waals surface area contributed by atoms with Crippen LogP contribution in [0.1, 0.15) is 43.6 Å². The summed E-state index contributed by atoms with van der Waals surface area (Å²) in [5.74, 6) is 0. The molecule has 2 aromatic heterocycles. The molecule has 5 heteroatoms. The molecule has 1 N–H and O–H groups in total. The third kappa shape index (κ3) is 3.86. The molecule has 0 aliphatic heterocycles. The molecule has 1 aromatic carbocycles. The molecule has 124 valence electrons. The number of hydrogen-bond donors (Lipinski definition) is 1. The highest BCUT2D eigenvalue weighted by Gasteiger charge is 2.17. The molecule has 1 atom stereocenters. The van der Waals surface area contributed by atoms with E-state index in [4.69, 9.17) is 0 Å². The first-order chi connectivity index (χ1) is 11.5. The smallest absolute Gasteiger partial charge is 0.0965 e. The monoisotopic (exact) mass is 321 g/mol. The van der Waals surface area contributed by atoms with Crippen LogP contribution in [0.2, 0.25) is 0 Å². The molecule has 0 saturated heterocycles. The van der Waals surface area contributed by atoms with Gasteiger partial charge in [0.05, 0.1) is 23.5 Å². The van der Waals surface area contributed by atoms with E-state index in [1.54, 1.807) is 6.20 Å². The van der Waals surface area contributed by atoms with E-state index in [2.05, 4.69) is 71.7 Å². The van der Waals surface area contributed by atoms with Gasteiger partial charge in [0.1, 0.15) is 0 Å². The minimum absolute atomic E-state index is 0.0621. The van der Waals surface area contributed by atoms with Gasteiger partial charge >= 0.3 is 0 Å². The molecule has 0 bridgehead atoms. The lowest BCUT2D eigenvalue weighted by molar-refractivity contribution is 0.347. The van der Waals surface area contributed by atoms with Crippen LogP contribution < -0.4 is 5.32 Å². The molecule has 0 spiro atoms. The van der Waals surface area contributed by atoms with Gasteiger partial charge in [0.25, 0.3) is 0 Å². The van der Waals surface area contributed by atoms with Gasteiger partial charge in [-0.15, -0.1) is 5.10 Å². The van der Waals surface area contributed by atoms with Crippen molar-refractivity contribution < 1.29 is 0 Å². The van der Waals surface area contributed by atoms with Gasteiger partial charge in [-0.25, -0.2) is 4.68 Å². The number of nitrogens with zero attached hydrogens (tertiary/aromatic N) is 4. The molecule has 0 fully saturated rings. The van der Waals surface area contributed by atoms with Crippen molar-refractivity contribution in [2.45, 2.75) is 38.9 Å². The van der Waals surface area contributed by atoms with Gasteiger partial charge in [-0.1, -0.05) is 41.6 Å². The zero-order valence-corrected chi connectivity index (χ0v) is 14.3. The Kier molecular flexibility index (Phi) is 4.71. The van der Waals surface area contributed by atoms with Crippen molar-refractivity contribution in [3.05, 3.63) is 77.9 Å². The highest BCUT2D eigenvalue weighted by Crippen LogP contribution is 2.21. The van der Waals surface area contributed by atoms with Crippen LogP contribution in [0.15, 0.2) is 61.1 Å². The molecule has 3 rings (SSSR count). The maximum atomic E-state index is 4.28. The topological polar surface area (TPSA) is 55.6 Å². The second kappa shape index (κ2) is 6.93. The molecular formula is C19H23N5. The van der Waals surface area contributed by atoms with Crippen molar-refractivity contribution in [1.29, 1.82) is 0 Å². The normalized spacial score (nSPS) is 13.0. The molecule has 3 aromatic rings. The minimum atomic E-state index is -0.0621. The molecular weight excluding hydrogens is 298 g/mol. The van der Waals surface area contributed by atoms with Crippen molar-refractivity contribution in [3.8, 4) is 0 Å². The fraction of sp³-hybridized carbons (Fsp3) is 0.316. The lowest BCUT2D eigenvalue weighted by Crippen LogP contribution is -2.23.